The molecule has 138 valence electrons. The van der Waals surface area contributed by atoms with Crippen molar-refractivity contribution < 1.29 is 14.3 Å². The monoisotopic (exact) mass is 363 g/mol. The summed E-state index contributed by atoms with van der Waals surface area (Å²) in [5.41, 5.74) is 8.97. The third kappa shape index (κ3) is 3.19. The maximum absolute atomic E-state index is 12.9. The van der Waals surface area contributed by atoms with E-state index in [1.807, 2.05) is 48.6 Å². The minimum atomic E-state index is -0.594. The number of nitrogens with zero attached hydrogens (tertiary/aromatic N) is 1. The van der Waals surface area contributed by atoms with Crippen molar-refractivity contribution in [2.75, 3.05) is 19.0 Å². The molecule has 2 amide bonds. The molecule has 0 aliphatic carbocycles. The van der Waals surface area contributed by atoms with Gasteiger partial charge in [0.05, 0.1) is 18.4 Å². The van der Waals surface area contributed by atoms with Gasteiger partial charge in [0.2, 0.25) is 5.91 Å². The van der Waals surface area contributed by atoms with Gasteiger partial charge in [-0.05, 0) is 41.8 Å². The van der Waals surface area contributed by atoms with E-state index in [1.54, 1.807) is 18.1 Å². The van der Waals surface area contributed by atoms with E-state index in [2.05, 4.69) is 5.32 Å². The zero-order valence-corrected chi connectivity index (χ0v) is 15.0. The molecule has 6 nitrogen and oxygen atoms in total. The molecule has 0 saturated carbocycles. The minimum Gasteiger partial charge on any atom is -0.497 e. The molecule has 6 heteroatoms. The van der Waals surface area contributed by atoms with Crippen molar-refractivity contribution in [3.8, 4) is 5.75 Å². The van der Waals surface area contributed by atoms with Gasteiger partial charge < -0.3 is 20.7 Å². The van der Waals surface area contributed by atoms with E-state index in [4.69, 9.17) is 10.5 Å². The first-order valence-corrected chi connectivity index (χ1v) is 8.90. The summed E-state index contributed by atoms with van der Waals surface area (Å²) in [6.07, 6.45) is 4.54. The van der Waals surface area contributed by atoms with E-state index in [0.717, 1.165) is 16.9 Å². The summed E-state index contributed by atoms with van der Waals surface area (Å²) in [7, 11) is 1.63. The van der Waals surface area contributed by atoms with E-state index in [1.165, 1.54) is 0 Å². The van der Waals surface area contributed by atoms with Crippen LogP contribution >= 0.6 is 0 Å². The predicted octanol–water partition coefficient (Wildman–Crippen LogP) is 2.36. The fourth-order valence-corrected chi connectivity index (χ4v) is 3.60. The van der Waals surface area contributed by atoms with Crippen LogP contribution in [0.4, 0.5) is 5.69 Å². The van der Waals surface area contributed by atoms with Crippen LogP contribution in [0.5, 0.6) is 5.75 Å². The number of hydrogen-bond donors (Lipinski definition) is 2. The van der Waals surface area contributed by atoms with E-state index in [9.17, 15) is 9.59 Å². The van der Waals surface area contributed by atoms with Crippen molar-refractivity contribution in [3.63, 3.8) is 0 Å². The Morgan fingerprint density at radius 3 is 2.56 bits per heavy atom. The average molecular weight is 363 g/mol. The summed E-state index contributed by atoms with van der Waals surface area (Å²) in [6.45, 7) is 0.503. The van der Waals surface area contributed by atoms with Crippen molar-refractivity contribution in [1.82, 2.24) is 4.90 Å². The Morgan fingerprint density at radius 1 is 1.11 bits per heavy atom. The van der Waals surface area contributed by atoms with Crippen LogP contribution in [-0.2, 0) is 4.79 Å². The molecule has 27 heavy (non-hydrogen) atoms. The molecule has 0 bridgehead atoms. The smallest absolute Gasteiger partial charge is 0.256 e. The van der Waals surface area contributed by atoms with Gasteiger partial charge in [-0.3, -0.25) is 9.59 Å². The summed E-state index contributed by atoms with van der Waals surface area (Å²) in [5, 5.41) is 2.85. The van der Waals surface area contributed by atoms with Crippen LogP contribution in [0.1, 0.15) is 27.9 Å². The quantitative estimate of drug-likeness (QED) is 0.820. The summed E-state index contributed by atoms with van der Waals surface area (Å²) < 4.78 is 5.16. The number of fused-ring (bicyclic) bond motifs is 2. The number of carbonyl (C=O) groups is 2. The van der Waals surface area contributed by atoms with E-state index in [0.29, 0.717) is 24.2 Å². The fourth-order valence-electron chi connectivity index (χ4n) is 3.60. The summed E-state index contributed by atoms with van der Waals surface area (Å²) in [6, 6.07) is 12.3. The number of benzene rings is 2. The highest BCUT2D eigenvalue weighted by molar-refractivity contribution is 6.10. The number of amides is 2. The Balaban J connectivity index is 1.62. The van der Waals surface area contributed by atoms with Gasteiger partial charge in [0.15, 0.2) is 0 Å². The number of hydrogen-bond acceptors (Lipinski definition) is 4. The lowest BCUT2D eigenvalue weighted by Gasteiger charge is -2.22. The standard InChI is InChI=1S/C21H21N3O3/c1-27-15-7-4-13(5-8-15)2-3-14-6-9-18-16(12-14)21(26)24-11-10-17(22)19(24)20(25)23-18/h2-9,12,17,19H,10-11,22H2,1H3,(H,23,25). The molecule has 2 unspecified atom stereocenters. The van der Waals surface area contributed by atoms with Gasteiger partial charge >= 0.3 is 0 Å². The number of anilines is 1. The zero-order valence-electron chi connectivity index (χ0n) is 15.0. The van der Waals surface area contributed by atoms with E-state index in [-0.39, 0.29) is 17.9 Å². The Morgan fingerprint density at radius 2 is 1.81 bits per heavy atom. The molecule has 4 rings (SSSR count). The maximum atomic E-state index is 12.9. The third-order valence-electron chi connectivity index (χ3n) is 5.09. The Kier molecular flexibility index (Phi) is 4.41. The van der Waals surface area contributed by atoms with Crippen molar-refractivity contribution in [1.29, 1.82) is 0 Å². The van der Waals surface area contributed by atoms with Gasteiger partial charge in [-0.1, -0.05) is 30.4 Å². The van der Waals surface area contributed by atoms with Crippen molar-refractivity contribution in [2.24, 2.45) is 5.73 Å². The summed E-state index contributed by atoms with van der Waals surface area (Å²) in [5.74, 6) is 0.437. The molecule has 2 atom stereocenters. The second-order valence-electron chi connectivity index (χ2n) is 6.80. The van der Waals surface area contributed by atoms with Crippen LogP contribution in [0.25, 0.3) is 12.2 Å². The van der Waals surface area contributed by atoms with Crippen LogP contribution in [0.15, 0.2) is 42.5 Å². The van der Waals surface area contributed by atoms with Gasteiger partial charge in [-0.15, -0.1) is 0 Å². The molecule has 3 N–H and O–H groups in total. The summed E-state index contributed by atoms with van der Waals surface area (Å²) >= 11 is 0. The molecule has 2 aliphatic heterocycles. The molecule has 2 aromatic rings. The number of rotatable bonds is 3. The highest BCUT2D eigenvalue weighted by Gasteiger charge is 2.43. The van der Waals surface area contributed by atoms with Gasteiger partial charge in [-0.25, -0.2) is 0 Å². The highest BCUT2D eigenvalue weighted by Crippen LogP contribution is 2.29. The first kappa shape index (κ1) is 17.3. The number of ether oxygens (including phenoxy) is 1. The van der Waals surface area contributed by atoms with E-state index < -0.39 is 6.04 Å². The lowest BCUT2D eigenvalue weighted by Crippen LogP contribution is -2.48. The maximum Gasteiger partial charge on any atom is 0.256 e. The van der Waals surface area contributed by atoms with Crippen LogP contribution in [0.3, 0.4) is 0 Å². The van der Waals surface area contributed by atoms with Crippen LogP contribution in [0, 0.1) is 0 Å². The van der Waals surface area contributed by atoms with Gasteiger partial charge in [0, 0.05) is 12.6 Å². The van der Waals surface area contributed by atoms with Crippen LogP contribution in [-0.4, -0.2) is 42.5 Å². The lowest BCUT2D eigenvalue weighted by atomic mass is 10.1. The molecule has 0 spiro atoms. The van der Waals surface area contributed by atoms with Gasteiger partial charge in [-0.2, -0.15) is 0 Å². The number of carbonyl (C=O) groups excluding carboxylic acids is 2. The average Bonchev–Trinajstić information content (AvgIpc) is 3.04. The predicted molar refractivity (Wildman–Crippen MR) is 104 cm³/mol. The van der Waals surface area contributed by atoms with Gasteiger partial charge in [0.25, 0.3) is 5.91 Å². The summed E-state index contributed by atoms with van der Waals surface area (Å²) in [4.78, 5) is 27.0. The lowest BCUT2D eigenvalue weighted by molar-refractivity contribution is -0.119. The first-order valence-electron chi connectivity index (χ1n) is 8.90. The van der Waals surface area contributed by atoms with Crippen molar-refractivity contribution in [2.45, 2.75) is 18.5 Å². The Labute approximate surface area is 157 Å². The Bertz CT molecular complexity index is 921. The highest BCUT2D eigenvalue weighted by atomic mass is 16.5. The molecule has 2 aromatic carbocycles. The fraction of sp³-hybridized carbons (Fsp3) is 0.238. The van der Waals surface area contributed by atoms with Crippen molar-refractivity contribution in [3.05, 3.63) is 59.2 Å². The van der Waals surface area contributed by atoms with Crippen molar-refractivity contribution >= 4 is 29.7 Å². The number of nitrogens with one attached hydrogen (secondary N) is 1. The SMILES string of the molecule is COc1ccc(C=Cc2ccc3c(c2)C(=O)N2CCC(N)C2C(=O)N3)cc1. The normalized spacial score (nSPS) is 21.6. The van der Waals surface area contributed by atoms with Crippen LogP contribution in [0.2, 0.25) is 0 Å². The molecular weight excluding hydrogens is 342 g/mol. The second kappa shape index (κ2) is 6.89. The Hall–Kier alpha value is -3.12. The van der Waals surface area contributed by atoms with E-state index >= 15 is 0 Å². The molecular formula is C21H21N3O3. The number of methoxy groups -OCH3 is 1. The molecule has 1 saturated heterocycles. The molecule has 2 aliphatic rings. The third-order valence-corrected chi connectivity index (χ3v) is 5.09. The van der Waals surface area contributed by atoms with Gasteiger partial charge in [0.1, 0.15) is 11.8 Å². The van der Waals surface area contributed by atoms with Crippen LogP contribution < -0.4 is 15.8 Å². The largest absolute Gasteiger partial charge is 0.497 e. The molecule has 0 aromatic heterocycles. The second-order valence-corrected chi connectivity index (χ2v) is 6.80. The zero-order chi connectivity index (χ0) is 19.0. The molecule has 1 fully saturated rings. The first-order chi connectivity index (χ1) is 13.1. The number of nitrogens with two attached hydrogens (primary N) is 1. The molecule has 0 radical (unpaired) electrons. The topological polar surface area (TPSA) is 84.7 Å². The molecule has 2 heterocycles. The minimum absolute atomic E-state index is 0.152.